The van der Waals surface area contributed by atoms with Crippen LogP contribution in [0.4, 0.5) is 0 Å². The van der Waals surface area contributed by atoms with E-state index in [1.807, 2.05) is 0 Å². The number of amides is 1. The molecule has 18 heavy (non-hydrogen) atoms. The SMILES string of the molecule is O=C(CC(=O)N(O)CC(Cl)(Cl)Cl)CP(=O)([O-])O.[Na+]. The Morgan fingerprint density at radius 3 is 2.11 bits per heavy atom. The predicted octanol–water partition coefficient (Wildman–Crippen LogP) is -2.92. The number of hydrogen-bond acceptors (Lipinski definition) is 5. The van der Waals surface area contributed by atoms with Gasteiger partial charge in [0, 0.05) is 0 Å². The molecule has 0 aromatic rings. The Balaban J connectivity index is 0. The normalized spacial score (nSPS) is 14.3. The van der Waals surface area contributed by atoms with Gasteiger partial charge in [-0.15, -0.1) is 0 Å². The third kappa shape index (κ3) is 12.2. The van der Waals surface area contributed by atoms with Crippen molar-refractivity contribution in [3.8, 4) is 0 Å². The van der Waals surface area contributed by atoms with Crippen LogP contribution in [0.15, 0.2) is 0 Å². The van der Waals surface area contributed by atoms with Gasteiger partial charge in [-0.1, -0.05) is 34.8 Å². The molecule has 0 heterocycles. The second kappa shape index (κ2) is 8.42. The third-order valence-electron chi connectivity index (χ3n) is 1.34. The monoisotopic (exact) mass is 349 g/mol. The van der Waals surface area contributed by atoms with Gasteiger partial charge in [0.15, 0.2) is 5.78 Å². The average molecular weight is 350 g/mol. The Hall–Kier alpha value is 1.12. The zero-order chi connectivity index (χ0) is 13.9. The van der Waals surface area contributed by atoms with Crippen molar-refractivity contribution in [3.05, 3.63) is 0 Å². The van der Waals surface area contributed by atoms with Crippen molar-refractivity contribution < 1.29 is 58.7 Å². The maximum atomic E-state index is 11.1. The molecule has 0 aromatic carbocycles. The Morgan fingerprint density at radius 1 is 1.33 bits per heavy atom. The Morgan fingerprint density at radius 2 is 1.78 bits per heavy atom. The molecule has 0 radical (unpaired) electrons. The molecule has 0 saturated carbocycles. The molecule has 0 spiro atoms. The summed E-state index contributed by atoms with van der Waals surface area (Å²) in [6.07, 6.45) is -2.12. The van der Waals surface area contributed by atoms with Crippen molar-refractivity contribution in [2.24, 2.45) is 0 Å². The zero-order valence-electron chi connectivity index (χ0n) is 9.18. The van der Waals surface area contributed by atoms with Crippen molar-refractivity contribution in [2.75, 3.05) is 12.7 Å². The van der Waals surface area contributed by atoms with Gasteiger partial charge >= 0.3 is 29.6 Å². The molecule has 7 nitrogen and oxygen atoms in total. The number of nitrogens with zero attached hydrogens (tertiary/aromatic N) is 1. The summed E-state index contributed by atoms with van der Waals surface area (Å²) in [6, 6.07) is 0. The number of hydrogen-bond donors (Lipinski definition) is 2. The van der Waals surface area contributed by atoms with Crippen LogP contribution in [0.1, 0.15) is 6.42 Å². The molecule has 0 aliphatic rings. The molecular weight excluding hydrogens is 342 g/mol. The fourth-order valence-corrected chi connectivity index (χ4v) is 1.69. The molecule has 0 aliphatic carbocycles. The van der Waals surface area contributed by atoms with Gasteiger partial charge in [-0.2, -0.15) is 0 Å². The van der Waals surface area contributed by atoms with E-state index in [1.165, 1.54) is 0 Å². The van der Waals surface area contributed by atoms with E-state index in [1.54, 1.807) is 0 Å². The second-order valence-corrected chi connectivity index (χ2v) is 7.18. The van der Waals surface area contributed by atoms with Crippen molar-refractivity contribution >= 4 is 54.1 Å². The minimum Gasteiger partial charge on any atom is -0.778 e. The largest absolute Gasteiger partial charge is 1.00 e. The number of Topliss-reactive ketones (excluding diaryl/α,β-unsaturated/α-hetero) is 1. The summed E-state index contributed by atoms with van der Waals surface area (Å²) in [5.41, 5.74) is 0. The summed E-state index contributed by atoms with van der Waals surface area (Å²) in [5, 5.41) is 9.05. The summed E-state index contributed by atoms with van der Waals surface area (Å²) < 4.78 is 8.40. The standard InChI is InChI=1S/C6H9Cl3NO6P.Na/c7-6(8,9)3-10(13)5(12)1-4(11)2-17(14,15)16;/h13H,1-3H2,(H2,14,15,16);/q;+1/p-1. The first-order chi connectivity index (χ1) is 7.41. The smallest absolute Gasteiger partial charge is 0.778 e. The second-order valence-electron chi connectivity index (χ2n) is 3.08. The van der Waals surface area contributed by atoms with Gasteiger partial charge in [-0.3, -0.25) is 14.8 Å². The first-order valence-electron chi connectivity index (χ1n) is 4.01. The number of alkyl halides is 3. The molecule has 1 amide bonds. The van der Waals surface area contributed by atoms with E-state index < -0.39 is 42.2 Å². The molecule has 1 unspecified atom stereocenters. The topological polar surface area (TPSA) is 118 Å². The summed E-state index contributed by atoms with van der Waals surface area (Å²) in [7, 11) is -4.78. The van der Waals surface area contributed by atoms with Crippen LogP contribution >= 0.6 is 42.4 Å². The molecule has 12 heteroatoms. The fourth-order valence-electron chi connectivity index (χ4n) is 0.797. The van der Waals surface area contributed by atoms with E-state index in [-0.39, 0.29) is 34.6 Å². The van der Waals surface area contributed by atoms with Crippen molar-refractivity contribution in [1.82, 2.24) is 5.06 Å². The van der Waals surface area contributed by atoms with Gasteiger partial charge in [-0.05, 0) is 0 Å². The van der Waals surface area contributed by atoms with Crippen LogP contribution in [0.5, 0.6) is 0 Å². The number of hydroxylamine groups is 2. The minimum atomic E-state index is -4.78. The molecule has 100 valence electrons. The Labute approximate surface area is 140 Å². The summed E-state index contributed by atoms with van der Waals surface area (Å²) in [5.74, 6) is -2.23. The van der Waals surface area contributed by atoms with Crippen LogP contribution in [0.25, 0.3) is 0 Å². The van der Waals surface area contributed by atoms with Gasteiger partial charge in [-0.25, -0.2) is 5.06 Å². The minimum absolute atomic E-state index is 0. The van der Waals surface area contributed by atoms with Crippen LogP contribution in [0.2, 0.25) is 0 Å². The van der Waals surface area contributed by atoms with Crippen LogP contribution < -0.4 is 34.5 Å². The number of carbonyl (C=O) groups is 2. The molecule has 0 bridgehead atoms. The summed E-state index contributed by atoms with van der Waals surface area (Å²) in [4.78, 5) is 40.8. The Bertz CT molecular complexity index is 356. The van der Waals surface area contributed by atoms with Crippen LogP contribution in [0.3, 0.4) is 0 Å². The van der Waals surface area contributed by atoms with Crippen LogP contribution in [-0.4, -0.2) is 43.4 Å². The number of rotatable bonds is 5. The Kier molecular flexibility index (Phi) is 10.0. The van der Waals surface area contributed by atoms with E-state index in [0.29, 0.717) is 0 Å². The first-order valence-corrected chi connectivity index (χ1v) is 6.91. The summed E-state index contributed by atoms with van der Waals surface area (Å²) >= 11 is 15.8. The average Bonchev–Trinajstić information content (AvgIpc) is 1.95. The van der Waals surface area contributed by atoms with Gasteiger partial charge in [0.2, 0.25) is 3.79 Å². The maximum Gasteiger partial charge on any atom is 1.00 e. The number of carbonyl (C=O) groups excluding carboxylic acids is 2. The molecule has 0 rings (SSSR count). The van der Waals surface area contributed by atoms with E-state index >= 15 is 0 Å². The molecule has 0 aliphatic heterocycles. The zero-order valence-corrected chi connectivity index (χ0v) is 14.3. The van der Waals surface area contributed by atoms with Crippen LogP contribution in [-0.2, 0) is 14.2 Å². The first kappa shape index (κ1) is 21.4. The van der Waals surface area contributed by atoms with Crippen molar-refractivity contribution in [2.45, 2.75) is 10.2 Å². The molecule has 0 fully saturated rings. The van der Waals surface area contributed by atoms with Gasteiger partial charge in [0.1, 0.15) is 7.60 Å². The predicted molar refractivity (Wildman–Crippen MR) is 58.1 cm³/mol. The molecule has 2 N–H and O–H groups in total. The quantitative estimate of drug-likeness (QED) is 0.137. The molecule has 0 saturated heterocycles. The third-order valence-corrected chi connectivity index (χ3v) is 2.45. The summed E-state index contributed by atoms with van der Waals surface area (Å²) in [6.45, 7) is -0.683. The molecule has 0 aromatic heterocycles. The van der Waals surface area contributed by atoms with E-state index in [4.69, 9.17) is 44.9 Å². The number of halogens is 3. The number of ketones is 1. The fraction of sp³-hybridized carbons (Fsp3) is 0.667. The molecular formula is C6H8Cl3NNaO6P. The van der Waals surface area contributed by atoms with Crippen molar-refractivity contribution in [3.63, 3.8) is 0 Å². The van der Waals surface area contributed by atoms with E-state index in [0.717, 1.165) is 0 Å². The van der Waals surface area contributed by atoms with Gasteiger partial charge < -0.3 is 14.4 Å². The molecule has 1 atom stereocenters. The van der Waals surface area contributed by atoms with Gasteiger partial charge in [0.25, 0.3) is 5.91 Å². The van der Waals surface area contributed by atoms with Crippen LogP contribution in [0, 0.1) is 0 Å². The van der Waals surface area contributed by atoms with Gasteiger partial charge in [0.05, 0.1) is 19.1 Å². The maximum absolute atomic E-state index is 11.1. The van der Waals surface area contributed by atoms with E-state index in [9.17, 15) is 19.0 Å². The van der Waals surface area contributed by atoms with Crippen molar-refractivity contribution in [1.29, 1.82) is 0 Å². The van der Waals surface area contributed by atoms with E-state index in [2.05, 4.69) is 0 Å².